The van der Waals surface area contributed by atoms with E-state index in [2.05, 4.69) is 22.5 Å². The van der Waals surface area contributed by atoms with Gasteiger partial charge in [-0.15, -0.1) is 0 Å². The van der Waals surface area contributed by atoms with Crippen molar-refractivity contribution >= 4 is 5.91 Å². The van der Waals surface area contributed by atoms with Crippen LogP contribution in [0.1, 0.15) is 23.8 Å². The van der Waals surface area contributed by atoms with Crippen molar-refractivity contribution in [3.8, 4) is 0 Å². The molecule has 0 aromatic carbocycles. The van der Waals surface area contributed by atoms with Crippen LogP contribution in [0.5, 0.6) is 0 Å². The molecule has 1 rings (SSSR count). The zero-order chi connectivity index (χ0) is 11.1. The lowest BCUT2D eigenvalue weighted by atomic mass is 10.4. The summed E-state index contributed by atoms with van der Waals surface area (Å²) in [5.74, 6) is -0.117. The van der Waals surface area contributed by atoms with E-state index in [1.165, 1.54) is 0 Å². The summed E-state index contributed by atoms with van der Waals surface area (Å²) in [5.41, 5.74) is 0.466. The normalized spacial score (nSPS) is 10.3. The van der Waals surface area contributed by atoms with Gasteiger partial charge < -0.3 is 15.2 Å². The first-order valence-electron chi connectivity index (χ1n) is 5.21. The van der Waals surface area contributed by atoms with Crippen LogP contribution < -0.4 is 10.6 Å². The van der Waals surface area contributed by atoms with Crippen LogP contribution in [0.2, 0.25) is 0 Å². The monoisotopic (exact) mass is 210 g/mol. The molecule has 0 spiro atoms. The van der Waals surface area contributed by atoms with Crippen molar-refractivity contribution < 1.29 is 4.79 Å². The number of nitrogens with one attached hydrogen (secondary N) is 2. The summed E-state index contributed by atoms with van der Waals surface area (Å²) in [7, 11) is 1.84. The molecule has 5 nitrogen and oxygen atoms in total. The highest BCUT2D eigenvalue weighted by Crippen LogP contribution is 1.92. The number of aryl methyl sites for hydroxylation is 1. The number of hydrogen-bond donors (Lipinski definition) is 2. The fraction of sp³-hybridized carbons (Fsp3) is 0.600. The number of carbonyl (C=O) groups excluding carboxylic acids is 1. The Bertz CT molecular complexity index is 308. The first-order chi connectivity index (χ1) is 7.24. The Morgan fingerprint density at radius 1 is 1.47 bits per heavy atom. The van der Waals surface area contributed by atoms with E-state index in [1.807, 2.05) is 7.05 Å². The fourth-order valence-corrected chi connectivity index (χ4v) is 1.19. The van der Waals surface area contributed by atoms with E-state index in [0.29, 0.717) is 12.2 Å². The molecular formula is C10H18N4O. The Morgan fingerprint density at radius 2 is 2.27 bits per heavy atom. The van der Waals surface area contributed by atoms with Crippen LogP contribution in [0.3, 0.4) is 0 Å². The number of aromatic nitrogens is 2. The summed E-state index contributed by atoms with van der Waals surface area (Å²) in [6.45, 7) is 4.53. The first kappa shape index (κ1) is 11.7. The third-order valence-electron chi connectivity index (χ3n) is 1.95. The fourth-order valence-electron chi connectivity index (χ4n) is 1.19. The predicted octanol–water partition coefficient (Wildman–Crippen LogP) is 0.150. The molecule has 0 saturated heterocycles. The summed E-state index contributed by atoms with van der Waals surface area (Å²) < 4.78 is 1.75. The molecule has 15 heavy (non-hydrogen) atoms. The largest absolute Gasteiger partial charge is 0.349 e. The average molecular weight is 210 g/mol. The third-order valence-corrected chi connectivity index (χ3v) is 1.95. The molecule has 0 aliphatic rings. The molecule has 1 amide bonds. The number of carbonyl (C=O) groups is 1. The van der Waals surface area contributed by atoms with Gasteiger partial charge >= 0.3 is 0 Å². The van der Waals surface area contributed by atoms with Crippen LogP contribution in [0.15, 0.2) is 12.5 Å². The van der Waals surface area contributed by atoms with Gasteiger partial charge in [-0.05, 0) is 13.0 Å². The Balaban J connectivity index is 2.19. The van der Waals surface area contributed by atoms with E-state index in [9.17, 15) is 4.79 Å². The minimum Gasteiger partial charge on any atom is -0.349 e. The topological polar surface area (TPSA) is 58.9 Å². The van der Waals surface area contributed by atoms with E-state index in [-0.39, 0.29) is 5.91 Å². The maximum atomic E-state index is 11.5. The number of nitrogens with zero attached hydrogens (tertiary/aromatic N) is 2. The highest BCUT2D eigenvalue weighted by atomic mass is 16.1. The predicted molar refractivity (Wildman–Crippen MR) is 58.7 cm³/mol. The minimum absolute atomic E-state index is 0.117. The van der Waals surface area contributed by atoms with Crippen molar-refractivity contribution in [3.05, 3.63) is 18.2 Å². The molecule has 1 heterocycles. The van der Waals surface area contributed by atoms with Crippen LogP contribution in [-0.4, -0.2) is 35.1 Å². The standard InChI is InChI=1S/C10H18N4O/c1-3-4-11-5-6-12-10(15)9-7-14(2)8-13-9/h7-8,11H,3-6H2,1-2H3,(H,12,15). The summed E-state index contributed by atoms with van der Waals surface area (Å²) >= 11 is 0. The van der Waals surface area contributed by atoms with Crippen molar-refractivity contribution in [2.75, 3.05) is 19.6 Å². The third kappa shape index (κ3) is 4.12. The molecule has 0 radical (unpaired) electrons. The van der Waals surface area contributed by atoms with E-state index in [4.69, 9.17) is 0 Å². The van der Waals surface area contributed by atoms with Crippen LogP contribution >= 0.6 is 0 Å². The van der Waals surface area contributed by atoms with Gasteiger partial charge in [0.15, 0.2) is 0 Å². The summed E-state index contributed by atoms with van der Waals surface area (Å²) in [6, 6.07) is 0. The highest BCUT2D eigenvalue weighted by molar-refractivity contribution is 5.91. The number of amides is 1. The average Bonchev–Trinajstić information content (AvgIpc) is 2.64. The lowest BCUT2D eigenvalue weighted by Gasteiger charge is -2.03. The zero-order valence-corrected chi connectivity index (χ0v) is 9.29. The van der Waals surface area contributed by atoms with Crippen molar-refractivity contribution in [1.82, 2.24) is 20.2 Å². The highest BCUT2D eigenvalue weighted by Gasteiger charge is 2.06. The number of imidazole rings is 1. The van der Waals surface area contributed by atoms with Gasteiger partial charge in [0.25, 0.3) is 5.91 Å². The summed E-state index contributed by atoms with van der Waals surface area (Å²) in [5, 5.41) is 6.00. The van der Waals surface area contributed by atoms with E-state index < -0.39 is 0 Å². The molecule has 0 unspecified atom stereocenters. The number of hydrogen-bond acceptors (Lipinski definition) is 3. The van der Waals surface area contributed by atoms with Crippen LogP contribution in [-0.2, 0) is 7.05 Å². The van der Waals surface area contributed by atoms with Gasteiger partial charge in [0.2, 0.25) is 0 Å². The van der Waals surface area contributed by atoms with E-state index in [0.717, 1.165) is 19.5 Å². The van der Waals surface area contributed by atoms with Gasteiger partial charge in [0, 0.05) is 26.3 Å². The summed E-state index contributed by atoms with van der Waals surface area (Å²) in [6.07, 6.45) is 4.42. The van der Waals surface area contributed by atoms with Gasteiger partial charge in [-0.3, -0.25) is 4.79 Å². The lowest BCUT2D eigenvalue weighted by molar-refractivity contribution is 0.0949. The van der Waals surface area contributed by atoms with E-state index >= 15 is 0 Å². The lowest BCUT2D eigenvalue weighted by Crippen LogP contribution is -2.32. The molecule has 0 saturated carbocycles. The zero-order valence-electron chi connectivity index (χ0n) is 9.29. The molecule has 0 aliphatic carbocycles. The molecule has 5 heteroatoms. The Labute approximate surface area is 89.9 Å². The number of rotatable bonds is 6. The quantitative estimate of drug-likeness (QED) is 0.657. The SMILES string of the molecule is CCCNCCNC(=O)c1cn(C)cn1. The van der Waals surface area contributed by atoms with Crippen molar-refractivity contribution in [2.45, 2.75) is 13.3 Å². The van der Waals surface area contributed by atoms with Gasteiger partial charge in [0.05, 0.1) is 6.33 Å². The first-order valence-corrected chi connectivity index (χ1v) is 5.21. The van der Waals surface area contributed by atoms with Crippen LogP contribution in [0.4, 0.5) is 0 Å². The molecule has 0 aliphatic heterocycles. The van der Waals surface area contributed by atoms with Gasteiger partial charge in [-0.25, -0.2) is 4.98 Å². The summed E-state index contributed by atoms with van der Waals surface area (Å²) in [4.78, 5) is 15.4. The maximum Gasteiger partial charge on any atom is 0.271 e. The van der Waals surface area contributed by atoms with Gasteiger partial charge in [-0.2, -0.15) is 0 Å². The van der Waals surface area contributed by atoms with Crippen LogP contribution in [0.25, 0.3) is 0 Å². The molecule has 0 fully saturated rings. The molecule has 1 aromatic rings. The Morgan fingerprint density at radius 3 is 2.87 bits per heavy atom. The van der Waals surface area contributed by atoms with Crippen LogP contribution in [0, 0.1) is 0 Å². The Kier molecular flexibility index (Phi) is 4.83. The molecular weight excluding hydrogens is 192 g/mol. The van der Waals surface area contributed by atoms with Crippen molar-refractivity contribution in [2.24, 2.45) is 7.05 Å². The van der Waals surface area contributed by atoms with Crippen molar-refractivity contribution in [3.63, 3.8) is 0 Å². The molecule has 1 aromatic heterocycles. The van der Waals surface area contributed by atoms with Crippen molar-refractivity contribution in [1.29, 1.82) is 0 Å². The molecule has 0 bridgehead atoms. The molecule has 2 N–H and O–H groups in total. The second-order valence-corrected chi connectivity index (χ2v) is 3.43. The maximum absolute atomic E-state index is 11.5. The van der Waals surface area contributed by atoms with E-state index in [1.54, 1.807) is 17.1 Å². The van der Waals surface area contributed by atoms with Gasteiger partial charge in [0.1, 0.15) is 5.69 Å². The molecule has 0 atom stereocenters. The second kappa shape index (κ2) is 6.19. The Hall–Kier alpha value is -1.36. The second-order valence-electron chi connectivity index (χ2n) is 3.43. The minimum atomic E-state index is -0.117. The molecule has 84 valence electrons. The van der Waals surface area contributed by atoms with Gasteiger partial charge in [-0.1, -0.05) is 6.92 Å². The smallest absolute Gasteiger partial charge is 0.271 e.